The lowest BCUT2D eigenvalue weighted by Gasteiger charge is -2.40. The Bertz CT molecular complexity index is 653. The molecular weight excluding hydrogens is 456 g/mol. The zero-order valence-electron chi connectivity index (χ0n) is 20.2. The lowest BCUT2D eigenvalue weighted by atomic mass is 9.71. The number of ketones is 1. The van der Waals surface area contributed by atoms with Crippen LogP contribution in [-0.2, 0) is 42.8 Å². The molecule has 9 nitrogen and oxygen atoms in total. The molecule has 0 atom stereocenters. The highest BCUT2D eigenvalue weighted by Gasteiger charge is 2.55. The molecule has 35 heavy (non-hydrogen) atoms. The van der Waals surface area contributed by atoms with Crippen LogP contribution in [-0.4, -0.2) is 68.9 Å². The predicted octanol–water partition coefficient (Wildman–Crippen LogP) is 4.20. The molecule has 0 unspecified atom stereocenters. The topological polar surface area (TPSA) is 107 Å². The van der Waals surface area contributed by atoms with Crippen LogP contribution in [0.1, 0.15) is 87.0 Å². The molecular formula is C26H46O9. The van der Waals surface area contributed by atoms with Gasteiger partial charge in [-0.05, 0) is 46.5 Å². The van der Waals surface area contributed by atoms with Gasteiger partial charge in [0.1, 0.15) is 5.78 Å². The van der Waals surface area contributed by atoms with Gasteiger partial charge in [-0.3, -0.25) is 14.4 Å². The number of carbonyl (C=O) groups excluding carboxylic acids is 3. The van der Waals surface area contributed by atoms with E-state index in [9.17, 15) is 14.4 Å². The monoisotopic (exact) mass is 502 g/mol. The lowest BCUT2D eigenvalue weighted by Crippen LogP contribution is -2.49. The zero-order valence-corrected chi connectivity index (χ0v) is 20.2. The van der Waals surface area contributed by atoms with Gasteiger partial charge in [-0.1, -0.05) is 14.9 Å². The van der Waals surface area contributed by atoms with Crippen molar-refractivity contribution in [2.24, 2.45) is 11.3 Å². The Labute approximate surface area is 210 Å². The van der Waals surface area contributed by atoms with Crippen molar-refractivity contribution < 1.29 is 42.8 Å². The Morgan fingerprint density at radius 3 is 1.40 bits per heavy atom. The van der Waals surface area contributed by atoms with E-state index in [0.717, 1.165) is 25.7 Å². The van der Waals surface area contributed by atoms with Crippen molar-refractivity contribution >= 4 is 17.7 Å². The van der Waals surface area contributed by atoms with Crippen molar-refractivity contribution in [1.82, 2.24) is 0 Å². The minimum Gasteiger partial charge on any atom is -0.465 e. The summed E-state index contributed by atoms with van der Waals surface area (Å²) in [6.45, 7) is 8.18. The number of hydrogen-bond donors (Lipinski definition) is 0. The van der Waals surface area contributed by atoms with Crippen LogP contribution in [0.3, 0.4) is 0 Å². The van der Waals surface area contributed by atoms with E-state index in [4.69, 9.17) is 28.4 Å². The molecule has 0 radical (unpaired) electrons. The first-order valence-electron chi connectivity index (χ1n) is 12.2. The average Bonchev–Trinajstić information content (AvgIpc) is 3.46. The van der Waals surface area contributed by atoms with Crippen LogP contribution in [0.4, 0.5) is 0 Å². The van der Waals surface area contributed by atoms with Gasteiger partial charge in [0.15, 0.2) is 17.0 Å². The molecule has 2 spiro atoms. The number of hydrogen-bond acceptors (Lipinski definition) is 9. The Balaban J connectivity index is 0.000000356. The van der Waals surface area contributed by atoms with Gasteiger partial charge in [-0.15, -0.1) is 0 Å². The van der Waals surface area contributed by atoms with E-state index >= 15 is 0 Å². The summed E-state index contributed by atoms with van der Waals surface area (Å²) < 4.78 is 32.6. The van der Waals surface area contributed by atoms with E-state index in [1.165, 1.54) is 0 Å². The molecule has 4 rings (SSSR count). The van der Waals surface area contributed by atoms with Gasteiger partial charge >= 0.3 is 11.9 Å². The minimum absolute atomic E-state index is 0. The molecule has 2 aliphatic heterocycles. The second kappa shape index (κ2) is 13.7. The van der Waals surface area contributed by atoms with Gasteiger partial charge in [0.05, 0.1) is 39.6 Å². The van der Waals surface area contributed by atoms with Gasteiger partial charge in [-0.2, -0.15) is 0 Å². The third kappa shape index (κ3) is 7.24. The third-order valence-corrected chi connectivity index (χ3v) is 7.15. The summed E-state index contributed by atoms with van der Waals surface area (Å²) in [7, 11) is 0. The molecule has 2 heterocycles. The molecule has 4 aliphatic rings. The highest BCUT2D eigenvalue weighted by molar-refractivity contribution is 6.00. The fraction of sp³-hybridized carbons (Fsp3) is 0.885. The Hall–Kier alpha value is -1.55. The summed E-state index contributed by atoms with van der Waals surface area (Å²) in [4.78, 5) is 35.6. The van der Waals surface area contributed by atoms with Crippen molar-refractivity contribution in [1.29, 1.82) is 0 Å². The molecule has 0 N–H and O–H groups in total. The fourth-order valence-corrected chi connectivity index (χ4v) is 5.12. The van der Waals surface area contributed by atoms with Crippen LogP contribution in [0.5, 0.6) is 0 Å². The molecule has 0 aromatic carbocycles. The molecule has 0 aromatic heterocycles. The summed E-state index contributed by atoms with van der Waals surface area (Å²) in [5, 5.41) is 0. The Morgan fingerprint density at radius 1 is 0.686 bits per heavy atom. The molecule has 0 bridgehead atoms. The maximum absolute atomic E-state index is 12.2. The van der Waals surface area contributed by atoms with Crippen LogP contribution in [0, 0.1) is 11.3 Å². The van der Waals surface area contributed by atoms with Gasteiger partial charge in [0.2, 0.25) is 0 Å². The first kappa shape index (κ1) is 31.5. The summed E-state index contributed by atoms with van der Waals surface area (Å²) in [6.07, 6.45) is 5.31. The largest absolute Gasteiger partial charge is 0.465 e. The van der Waals surface area contributed by atoms with Crippen molar-refractivity contribution in [2.75, 3.05) is 39.6 Å². The van der Waals surface area contributed by atoms with Crippen molar-refractivity contribution in [3.8, 4) is 0 Å². The molecule has 2 aliphatic carbocycles. The SMILES string of the molecule is C.C.CC(=O)C1CCC2(CC1)OCCO2.CCOC(=O)C1(C(=O)OCC)CCC2(CC1)OCCO2. The van der Waals surface area contributed by atoms with Crippen LogP contribution >= 0.6 is 0 Å². The van der Waals surface area contributed by atoms with E-state index in [2.05, 4.69) is 0 Å². The number of ether oxygens (including phenoxy) is 6. The second-order valence-corrected chi connectivity index (χ2v) is 9.12. The average molecular weight is 503 g/mol. The zero-order chi connectivity index (χ0) is 24.0. The lowest BCUT2D eigenvalue weighted by molar-refractivity contribution is -0.206. The molecule has 9 heteroatoms. The quantitative estimate of drug-likeness (QED) is 0.404. The predicted molar refractivity (Wildman–Crippen MR) is 130 cm³/mol. The van der Waals surface area contributed by atoms with Crippen LogP contribution in [0.2, 0.25) is 0 Å². The molecule has 2 saturated heterocycles. The molecule has 2 saturated carbocycles. The normalized spacial score (nSPS) is 23.9. The number of Topliss-reactive ketones (excluding diaryl/α,β-unsaturated/α-hetero) is 1. The van der Waals surface area contributed by atoms with Crippen molar-refractivity contribution in [2.45, 2.75) is 98.6 Å². The summed E-state index contributed by atoms with van der Waals surface area (Å²) in [5.41, 5.74) is -1.20. The van der Waals surface area contributed by atoms with Crippen LogP contribution in [0.15, 0.2) is 0 Å². The number of carbonyl (C=O) groups is 3. The van der Waals surface area contributed by atoms with E-state index in [-0.39, 0.29) is 39.8 Å². The van der Waals surface area contributed by atoms with E-state index in [1.54, 1.807) is 20.8 Å². The van der Waals surface area contributed by atoms with E-state index in [0.29, 0.717) is 57.9 Å². The third-order valence-electron chi connectivity index (χ3n) is 7.15. The fourth-order valence-electron chi connectivity index (χ4n) is 5.12. The number of esters is 2. The van der Waals surface area contributed by atoms with E-state index < -0.39 is 23.1 Å². The molecule has 0 aromatic rings. The molecule has 4 fully saturated rings. The molecule has 0 amide bonds. The first-order valence-corrected chi connectivity index (χ1v) is 12.2. The van der Waals surface area contributed by atoms with Crippen LogP contribution in [0.25, 0.3) is 0 Å². The summed E-state index contributed by atoms with van der Waals surface area (Å²) >= 11 is 0. The van der Waals surface area contributed by atoms with Crippen LogP contribution < -0.4 is 0 Å². The summed E-state index contributed by atoms with van der Waals surface area (Å²) in [5.74, 6) is -1.36. The first-order chi connectivity index (χ1) is 15.8. The van der Waals surface area contributed by atoms with Gasteiger partial charge in [0, 0.05) is 31.6 Å². The van der Waals surface area contributed by atoms with Gasteiger partial charge in [0.25, 0.3) is 0 Å². The Morgan fingerprint density at radius 2 is 1.06 bits per heavy atom. The van der Waals surface area contributed by atoms with Crippen molar-refractivity contribution in [3.63, 3.8) is 0 Å². The highest BCUT2D eigenvalue weighted by atomic mass is 16.7. The maximum atomic E-state index is 12.2. The summed E-state index contributed by atoms with van der Waals surface area (Å²) in [6, 6.07) is 0. The number of rotatable bonds is 5. The van der Waals surface area contributed by atoms with Gasteiger partial charge < -0.3 is 28.4 Å². The van der Waals surface area contributed by atoms with Crippen molar-refractivity contribution in [3.05, 3.63) is 0 Å². The standard InChI is InChI=1S/C14H22O6.C10H16O3.2CH4/c1-3-17-11(15)13(12(16)18-4-2)5-7-14(8-6-13)19-9-10-20-14;1-8(11)9-2-4-10(5-3-9)12-6-7-13-10;;/h3-10H2,1-2H3;9H,2-7H2,1H3;2*1H4. The highest BCUT2D eigenvalue weighted by Crippen LogP contribution is 2.46. The Kier molecular flexibility index (Phi) is 12.3. The molecule has 204 valence electrons. The minimum atomic E-state index is -1.20. The van der Waals surface area contributed by atoms with E-state index in [1.807, 2.05) is 0 Å². The maximum Gasteiger partial charge on any atom is 0.323 e. The smallest absolute Gasteiger partial charge is 0.323 e. The van der Waals surface area contributed by atoms with Gasteiger partial charge in [-0.25, -0.2) is 0 Å². The second-order valence-electron chi connectivity index (χ2n) is 9.12.